The average molecular weight is 660 g/mol. The SMILES string of the molecule is COc1ccc(-n2c(C(=O)NCc3ccc(Cl)c(OC)c3)c3n(c2=O)CCN(C(=O)c2ccc(Br)c(Cl)c2)C3)cc1. The number of aromatic nitrogens is 2. The Balaban J connectivity index is 1.52. The highest BCUT2D eigenvalue weighted by Crippen LogP contribution is 2.27. The molecule has 0 spiro atoms. The molecule has 1 aromatic heterocycles. The maximum Gasteiger partial charge on any atom is 0.333 e. The first-order chi connectivity index (χ1) is 19.7. The molecule has 4 aromatic rings. The molecule has 5 rings (SSSR count). The summed E-state index contributed by atoms with van der Waals surface area (Å²) >= 11 is 15.7. The van der Waals surface area contributed by atoms with Crippen molar-refractivity contribution in [3.8, 4) is 17.2 Å². The monoisotopic (exact) mass is 658 g/mol. The Morgan fingerprint density at radius 2 is 1.71 bits per heavy atom. The number of hydrogen-bond donors (Lipinski definition) is 1. The number of hydrogen-bond acceptors (Lipinski definition) is 5. The lowest BCUT2D eigenvalue weighted by Gasteiger charge is -2.28. The maximum absolute atomic E-state index is 13.8. The van der Waals surface area contributed by atoms with E-state index in [1.54, 1.807) is 77.2 Å². The van der Waals surface area contributed by atoms with Gasteiger partial charge in [-0.05, 0) is 76.1 Å². The highest BCUT2D eigenvalue weighted by atomic mass is 79.9. The topological polar surface area (TPSA) is 94.8 Å². The molecule has 0 fully saturated rings. The van der Waals surface area contributed by atoms with Crippen molar-refractivity contribution in [1.29, 1.82) is 0 Å². The Bertz CT molecular complexity index is 1700. The van der Waals surface area contributed by atoms with Crippen molar-refractivity contribution in [2.24, 2.45) is 0 Å². The van der Waals surface area contributed by atoms with Gasteiger partial charge >= 0.3 is 5.69 Å². The molecule has 1 aliphatic rings. The lowest BCUT2D eigenvalue weighted by molar-refractivity contribution is 0.0706. The van der Waals surface area contributed by atoms with Gasteiger partial charge in [0.25, 0.3) is 11.8 Å². The summed E-state index contributed by atoms with van der Waals surface area (Å²) < 4.78 is 14.1. The number of fused-ring (bicyclic) bond motifs is 1. The molecule has 41 heavy (non-hydrogen) atoms. The smallest absolute Gasteiger partial charge is 0.333 e. The van der Waals surface area contributed by atoms with E-state index in [1.165, 1.54) is 11.7 Å². The van der Waals surface area contributed by atoms with E-state index in [9.17, 15) is 14.4 Å². The summed E-state index contributed by atoms with van der Waals surface area (Å²) in [4.78, 5) is 42.5. The first-order valence-corrected chi connectivity index (χ1v) is 14.1. The number of carbonyl (C=O) groups is 2. The van der Waals surface area contributed by atoms with Crippen LogP contribution in [0.5, 0.6) is 11.5 Å². The van der Waals surface area contributed by atoms with Gasteiger partial charge in [0, 0.05) is 29.7 Å². The summed E-state index contributed by atoms with van der Waals surface area (Å²) in [7, 11) is 3.06. The van der Waals surface area contributed by atoms with Crippen LogP contribution < -0.4 is 20.5 Å². The van der Waals surface area contributed by atoms with E-state index in [0.29, 0.717) is 43.0 Å². The molecule has 212 valence electrons. The van der Waals surface area contributed by atoms with Crippen LogP contribution in [0.4, 0.5) is 0 Å². The van der Waals surface area contributed by atoms with Crippen LogP contribution in [-0.4, -0.2) is 46.6 Å². The summed E-state index contributed by atoms with van der Waals surface area (Å²) in [5, 5.41) is 3.77. The maximum atomic E-state index is 13.8. The van der Waals surface area contributed by atoms with E-state index in [-0.39, 0.29) is 43.5 Å². The molecule has 2 amide bonds. The van der Waals surface area contributed by atoms with Crippen LogP contribution in [-0.2, 0) is 19.6 Å². The Morgan fingerprint density at radius 1 is 0.951 bits per heavy atom. The normalized spacial score (nSPS) is 12.6. The number of nitrogens with zero attached hydrogens (tertiary/aromatic N) is 3. The van der Waals surface area contributed by atoms with Crippen LogP contribution in [0.2, 0.25) is 10.0 Å². The summed E-state index contributed by atoms with van der Waals surface area (Å²) in [6, 6.07) is 17.0. The van der Waals surface area contributed by atoms with Crippen molar-refractivity contribution in [1.82, 2.24) is 19.4 Å². The van der Waals surface area contributed by atoms with E-state index < -0.39 is 5.91 Å². The van der Waals surface area contributed by atoms with E-state index in [4.69, 9.17) is 32.7 Å². The van der Waals surface area contributed by atoms with E-state index in [2.05, 4.69) is 21.2 Å². The van der Waals surface area contributed by atoms with Crippen molar-refractivity contribution >= 4 is 50.9 Å². The Morgan fingerprint density at radius 3 is 2.39 bits per heavy atom. The quantitative estimate of drug-likeness (QED) is 0.290. The average Bonchev–Trinajstić information content (AvgIpc) is 3.29. The molecule has 0 aliphatic carbocycles. The third-order valence-corrected chi connectivity index (χ3v) is 8.39. The molecule has 0 radical (unpaired) electrons. The Kier molecular flexibility index (Phi) is 8.44. The molecule has 0 atom stereocenters. The van der Waals surface area contributed by atoms with Crippen molar-refractivity contribution in [2.45, 2.75) is 19.6 Å². The zero-order valence-corrected chi connectivity index (χ0v) is 25.2. The van der Waals surface area contributed by atoms with Crippen molar-refractivity contribution in [2.75, 3.05) is 20.8 Å². The van der Waals surface area contributed by atoms with E-state index in [0.717, 1.165) is 5.56 Å². The second kappa shape index (κ2) is 12.0. The molecule has 0 bridgehead atoms. The third kappa shape index (κ3) is 5.72. The minimum atomic E-state index is -0.471. The number of halogens is 3. The number of amides is 2. The van der Waals surface area contributed by atoms with Gasteiger partial charge in [-0.25, -0.2) is 4.79 Å². The predicted octanol–water partition coefficient (Wildman–Crippen LogP) is 5.31. The minimum Gasteiger partial charge on any atom is -0.497 e. The Labute approximate surface area is 254 Å². The van der Waals surface area contributed by atoms with Crippen LogP contribution in [0, 0.1) is 0 Å². The predicted molar refractivity (Wildman–Crippen MR) is 160 cm³/mol. The fourth-order valence-electron chi connectivity index (χ4n) is 4.73. The number of nitrogens with one attached hydrogen (secondary N) is 1. The molecule has 9 nitrogen and oxygen atoms in total. The van der Waals surface area contributed by atoms with Gasteiger partial charge in [-0.3, -0.25) is 18.7 Å². The van der Waals surface area contributed by atoms with Gasteiger partial charge in [0.2, 0.25) is 0 Å². The zero-order valence-electron chi connectivity index (χ0n) is 22.1. The highest BCUT2D eigenvalue weighted by Gasteiger charge is 2.32. The van der Waals surface area contributed by atoms with Gasteiger partial charge in [-0.15, -0.1) is 0 Å². The molecule has 12 heteroatoms. The first-order valence-electron chi connectivity index (χ1n) is 12.6. The number of imidazole rings is 1. The summed E-state index contributed by atoms with van der Waals surface area (Å²) in [6.45, 7) is 0.732. The van der Waals surface area contributed by atoms with Crippen molar-refractivity contribution in [3.63, 3.8) is 0 Å². The largest absolute Gasteiger partial charge is 0.497 e. The summed E-state index contributed by atoms with van der Waals surface area (Å²) in [6.07, 6.45) is 0. The van der Waals surface area contributed by atoms with Gasteiger partial charge in [0.15, 0.2) is 0 Å². The number of rotatable bonds is 7. The van der Waals surface area contributed by atoms with E-state index in [1.807, 2.05) is 0 Å². The fraction of sp³-hybridized carbons (Fsp3) is 0.207. The zero-order chi connectivity index (χ0) is 29.3. The minimum absolute atomic E-state index is 0.0580. The van der Waals surface area contributed by atoms with Gasteiger partial charge in [-0.2, -0.15) is 0 Å². The van der Waals surface area contributed by atoms with Crippen LogP contribution in [0.25, 0.3) is 5.69 Å². The summed E-state index contributed by atoms with van der Waals surface area (Å²) in [5.74, 6) is 0.367. The van der Waals surface area contributed by atoms with Crippen LogP contribution in [0.1, 0.15) is 32.1 Å². The Hall–Kier alpha value is -3.73. The van der Waals surface area contributed by atoms with Crippen LogP contribution in [0.15, 0.2) is 69.9 Å². The molecular weight excluding hydrogens is 635 g/mol. The number of carbonyl (C=O) groups excluding carboxylic acids is 2. The first kappa shape index (κ1) is 28.8. The standard InChI is InChI=1S/C29H25BrCl2N4O5/c1-40-20-7-5-19(6-8-20)36-26(27(37)33-15-17-3-10-22(31)25(13-17)41-2)24-16-34(11-12-35(24)29(36)39)28(38)18-4-9-21(30)23(32)14-18/h3-10,13-14H,11-12,15-16H2,1-2H3,(H,33,37). The molecule has 2 heterocycles. The molecule has 0 saturated carbocycles. The molecule has 3 aromatic carbocycles. The molecular formula is C29H25BrCl2N4O5. The van der Waals surface area contributed by atoms with Gasteiger partial charge in [-0.1, -0.05) is 29.3 Å². The third-order valence-electron chi connectivity index (χ3n) is 6.85. The molecule has 0 unspecified atom stereocenters. The summed E-state index contributed by atoms with van der Waals surface area (Å²) in [5.41, 5.74) is 1.87. The van der Waals surface area contributed by atoms with Gasteiger partial charge in [0.1, 0.15) is 17.2 Å². The number of methoxy groups -OCH3 is 2. The van der Waals surface area contributed by atoms with E-state index >= 15 is 0 Å². The van der Waals surface area contributed by atoms with Gasteiger partial charge in [0.05, 0.1) is 42.2 Å². The van der Waals surface area contributed by atoms with Crippen LogP contribution >= 0.6 is 39.1 Å². The molecule has 0 saturated heterocycles. The fourth-order valence-corrected chi connectivity index (χ4v) is 5.35. The second-order valence-electron chi connectivity index (χ2n) is 9.27. The second-order valence-corrected chi connectivity index (χ2v) is 10.9. The number of ether oxygens (including phenoxy) is 2. The lowest BCUT2D eigenvalue weighted by Crippen LogP contribution is -2.41. The van der Waals surface area contributed by atoms with Crippen molar-refractivity contribution < 1.29 is 19.1 Å². The van der Waals surface area contributed by atoms with Gasteiger partial charge < -0.3 is 19.7 Å². The van der Waals surface area contributed by atoms with Crippen molar-refractivity contribution in [3.05, 3.63) is 108 Å². The lowest BCUT2D eigenvalue weighted by atomic mass is 10.1. The van der Waals surface area contributed by atoms with Crippen LogP contribution in [0.3, 0.4) is 0 Å². The highest BCUT2D eigenvalue weighted by molar-refractivity contribution is 9.10. The molecule has 1 aliphatic heterocycles. The molecule has 1 N–H and O–H groups in total. The number of benzene rings is 3.